The zero-order valence-corrected chi connectivity index (χ0v) is 8.87. The fourth-order valence-electron chi connectivity index (χ4n) is 2.92. The van der Waals surface area contributed by atoms with E-state index in [1.165, 1.54) is 25.8 Å². The molecule has 0 spiro atoms. The summed E-state index contributed by atoms with van der Waals surface area (Å²) in [5.74, 6) is 1.54. The Hall–Kier alpha value is -0.0800. The van der Waals surface area contributed by atoms with Crippen LogP contribution in [0.2, 0.25) is 0 Å². The second kappa shape index (κ2) is 3.58. The van der Waals surface area contributed by atoms with Crippen molar-refractivity contribution in [3.63, 3.8) is 0 Å². The minimum Gasteiger partial charge on any atom is -0.330 e. The third-order valence-electron chi connectivity index (χ3n) is 3.63. The van der Waals surface area contributed by atoms with Gasteiger partial charge >= 0.3 is 0 Å². The number of likely N-dealkylation sites (tertiary alicyclic amines) is 1. The number of hydrogen-bond acceptors (Lipinski definition) is 2. The van der Waals surface area contributed by atoms with Gasteiger partial charge in [-0.1, -0.05) is 13.8 Å². The highest BCUT2D eigenvalue weighted by Gasteiger charge is 2.42. The summed E-state index contributed by atoms with van der Waals surface area (Å²) in [7, 11) is 0. The van der Waals surface area contributed by atoms with Crippen LogP contribution >= 0.6 is 0 Å². The van der Waals surface area contributed by atoms with E-state index < -0.39 is 0 Å². The van der Waals surface area contributed by atoms with Crippen molar-refractivity contribution in [2.45, 2.75) is 45.2 Å². The average Bonchev–Trinajstić information content (AvgIpc) is 2.84. The Morgan fingerprint density at radius 2 is 2.00 bits per heavy atom. The van der Waals surface area contributed by atoms with Gasteiger partial charge in [-0.25, -0.2) is 0 Å². The van der Waals surface area contributed by atoms with Crippen molar-refractivity contribution in [1.29, 1.82) is 0 Å². The van der Waals surface area contributed by atoms with E-state index in [9.17, 15) is 0 Å². The molecule has 0 aromatic carbocycles. The first kappa shape index (κ1) is 9.47. The van der Waals surface area contributed by atoms with Gasteiger partial charge in [0.05, 0.1) is 0 Å². The maximum absolute atomic E-state index is 5.82. The quantitative estimate of drug-likeness (QED) is 0.716. The summed E-state index contributed by atoms with van der Waals surface area (Å²) in [6.45, 7) is 6.86. The van der Waals surface area contributed by atoms with Crippen LogP contribution in [0, 0.1) is 11.8 Å². The lowest BCUT2D eigenvalue weighted by molar-refractivity contribution is 0.169. The highest BCUT2D eigenvalue weighted by molar-refractivity contribution is 4.97. The van der Waals surface area contributed by atoms with Gasteiger partial charge in [-0.2, -0.15) is 0 Å². The van der Waals surface area contributed by atoms with Crippen LogP contribution in [-0.2, 0) is 0 Å². The Morgan fingerprint density at radius 1 is 1.31 bits per heavy atom. The van der Waals surface area contributed by atoms with Crippen molar-refractivity contribution in [1.82, 2.24) is 4.90 Å². The predicted octanol–water partition coefficient (Wildman–Crippen LogP) is 1.45. The van der Waals surface area contributed by atoms with Gasteiger partial charge in [0, 0.05) is 12.1 Å². The van der Waals surface area contributed by atoms with Gasteiger partial charge in [0.2, 0.25) is 0 Å². The van der Waals surface area contributed by atoms with Gasteiger partial charge in [-0.05, 0) is 44.2 Å². The Bertz CT molecular complexity index is 175. The Balaban J connectivity index is 2.03. The summed E-state index contributed by atoms with van der Waals surface area (Å²) in [5.41, 5.74) is 5.82. The van der Waals surface area contributed by atoms with Crippen LogP contribution in [0.15, 0.2) is 0 Å². The van der Waals surface area contributed by atoms with Crippen LogP contribution in [0.4, 0.5) is 0 Å². The molecule has 1 aliphatic carbocycles. The molecule has 13 heavy (non-hydrogen) atoms. The molecule has 2 unspecified atom stereocenters. The van der Waals surface area contributed by atoms with Gasteiger partial charge in [0.25, 0.3) is 0 Å². The molecule has 2 heteroatoms. The van der Waals surface area contributed by atoms with Crippen molar-refractivity contribution in [2.75, 3.05) is 13.1 Å². The molecule has 0 bridgehead atoms. The lowest BCUT2D eigenvalue weighted by Crippen LogP contribution is -2.40. The van der Waals surface area contributed by atoms with E-state index in [2.05, 4.69) is 18.7 Å². The molecule has 0 amide bonds. The maximum Gasteiger partial charge on any atom is 0.0162 e. The normalized spacial score (nSPS) is 36.0. The number of hydrogen-bond donors (Lipinski definition) is 1. The molecule has 1 saturated carbocycles. The molecular formula is C11H22N2. The van der Waals surface area contributed by atoms with E-state index in [4.69, 9.17) is 5.73 Å². The van der Waals surface area contributed by atoms with E-state index in [1.807, 2.05) is 0 Å². The van der Waals surface area contributed by atoms with E-state index in [0.717, 1.165) is 30.5 Å². The molecule has 2 aliphatic rings. The van der Waals surface area contributed by atoms with Crippen LogP contribution in [-0.4, -0.2) is 30.1 Å². The lowest BCUT2D eigenvalue weighted by Gasteiger charge is -2.31. The van der Waals surface area contributed by atoms with Crippen LogP contribution in [0.1, 0.15) is 33.1 Å². The highest BCUT2D eigenvalue weighted by atomic mass is 15.2. The zero-order valence-electron chi connectivity index (χ0n) is 8.87. The van der Waals surface area contributed by atoms with E-state index in [0.29, 0.717) is 0 Å². The summed E-state index contributed by atoms with van der Waals surface area (Å²) in [4.78, 5) is 2.72. The van der Waals surface area contributed by atoms with Crippen LogP contribution in [0.5, 0.6) is 0 Å². The average molecular weight is 182 g/mol. The molecule has 2 fully saturated rings. The number of nitrogens with two attached hydrogens (primary N) is 1. The van der Waals surface area contributed by atoms with E-state index >= 15 is 0 Å². The predicted molar refractivity (Wildman–Crippen MR) is 55.5 cm³/mol. The summed E-state index contributed by atoms with van der Waals surface area (Å²) in [6, 6.07) is 1.70. The van der Waals surface area contributed by atoms with Crippen LogP contribution < -0.4 is 5.73 Å². The molecule has 76 valence electrons. The molecule has 1 aliphatic heterocycles. The Labute approximate surface area is 81.5 Å². The first-order valence-electron chi connectivity index (χ1n) is 5.70. The summed E-state index contributed by atoms with van der Waals surface area (Å²) < 4.78 is 0. The van der Waals surface area contributed by atoms with Crippen molar-refractivity contribution >= 4 is 0 Å². The second-order valence-corrected chi connectivity index (χ2v) is 4.99. The van der Waals surface area contributed by atoms with Crippen molar-refractivity contribution in [3.05, 3.63) is 0 Å². The highest BCUT2D eigenvalue weighted by Crippen LogP contribution is 2.38. The molecule has 0 radical (unpaired) electrons. The van der Waals surface area contributed by atoms with Crippen molar-refractivity contribution in [3.8, 4) is 0 Å². The van der Waals surface area contributed by atoms with Crippen molar-refractivity contribution < 1.29 is 0 Å². The molecule has 1 heterocycles. The third-order valence-corrected chi connectivity index (χ3v) is 3.63. The van der Waals surface area contributed by atoms with Crippen LogP contribution in [0.25, 0.3) is 0 Å². The molecule has 2 rings (SSSR count). The smallest absolute Gasteiger partial charge is 0.0162 e. The monoisotopic (exact) mass is 182 g/mol. The minimum absolute atomic E-state index is 0.764. The summed E-state index contributed by atoms with van der Waals surface area (Å²) >= 11 is 0. The third kappa shape index (κ3) is 1.75. The van der Waals surface area contributed by atoms with Gasteiger partial charge in [0.1, 0.15) is 0 Å². The van der Waals surface area contributed by atoms with Crippen LogP contribution in [0.3, 0.4) is 0 Å². The largest absolute Gasteiger partial charge is 0.330 e. The molecule has 2 atom stereocenters. The molecule has 2 nitrogen and oxygen atoms in total. The molecule has 0 aromatic heterocycles. The summed E-state index contributed by atoms with van der Waals surface area (Å²) in [5, 5.41) is 0. The van der Waals surface area contributed by atoms with Gasteiger partial charge in [-0.15, -0.1) is 0 Å². The Morgan fingerprint density at radius 3 is 2.46 bits per heavy atom. The summed E-state index contributed by atoms with van der Waals surface area (Å²) in [6.07, 6.45) is 4.19. The fourth-order valence-corrected chi connectivity index (χ4v) is 2.92. The first-order chi connectivity index (χ1) is 6.24. The molecular weight excluding hydrogens is 160 g/mol. The molecule has 1 saturated heterocycles. The number of rotatable bonds is 3. The molecule has 0 aromatic rings. The zero-order chi connectivity index (χ0) is 9.42. The lowest BCUT2D eigenvalue weighted by atomic mass is 9.91. The Kier molecular flexibility index (Phi) is 2.61. The van der Waals surface area contributed by atoms with E-state index in [1.54, 1.807) is 0 Å². The van der Waals surface area contributed by atoms with Gasteiger partial charge in [0.15, 0.2) is 0 Å². The first-order valence-corrected chi connectivity index (χ1v) is 5.70. The minimum atomic E-state index is 0.764. The fraction of sp³-hybridized carbons (Fsp3) is 1.00. The second-order valence-electron chi connectivity index (χ2n) is 4.99. The SMILES string of the molecule is CC(C)C1C(CN)CCN1C1CC1. The van der Waals surface area contributed by atoms with Gasteiger partial charge in [-0.3, -0.25) is 4.90 Å². The molecule has 2 N–H and O–H groups in total. The number of nitrogens with zero attached hydrogens (tertiary/aromatic N) is 1. The topological polar surface area (TPSA) is 29.3 Å². The van der Waals surface area contributed by atoms with Crippen molar-refractivity contribution in [2.24, 2.45) is 17.6 Å². The van der Waals surface area contributed by atoms with Gasteiger partial charge < -0.3 is 5.73 Å². The standard InChI is InChI=1S/C11H22N2/c1-8(2)11-9(7-12)5-6-13(11)10-3-4-10/h8-11H,3-7,12H2,1-2H3. The maximum atomic E-state index is 5.82. The van der Waals surface area contributed by atoms with E-state index in [-0.39, 0.29) is 0 Å².